The minimum Gasteiger partial charge on any atom is -0.507 e. The maximum atomic E-state index is 12.3. The monoisotopic (exact) mass is 320 g/mol. The van der Waals surface area contributed by atoms with Gasteiger partial charge in [-0.05, 0) is 36.3 Å². The van der Waals surface area contributed by atoms with E-state index in [2.05, 4.69) is 0 Å². The van der Waals surface area contributed by atoms with Crippen LogP contribution < -0.4 is 5.56 Å². The zero-order chi connectivity index (χ0) is 17.7. The number of benzene rings is 1. The van der Waals surface area contributed by atoms with Crippen molar-refractivity contribution in [2.45, 2.75) is 6.92 Å². The van der Waals surface area contributed by atoms with Gasteiger partial charge in [0.2, 0.25) is 0 Å². The molecule has 0 saturated heterocycles. The third-order valence-corrected chi connectivity index (χ3v) is 3.58. The SMILES string of the molecule is Cc1cc(O)c(C(=O)/C=C/c2cccc(/C=C/C#N)c2)c(=O)n1C. The van der Waals surface area contributed by atoms with Crippen LogP contribution in [0.15, 0.2) is 47.3 Å². The molecule has 24 heavy (non-hydrogen) atoms. The molecule has 2 aromatic rings. The molecule has 0 radical (unpaired) electrons. The van der Waals surface area contributed by atoms with E-state index in [1.165, 1.54) is 22.8 Å². The summed E-state index contributed by atoms with van der Waals surface area (Å²) in [6.45, 7) is 1.67. The van der Waals surface area contributed by atoms with Crippen LogP contribution in [0.2, 0.25) is 0 Å². The number of rotatable bonds is 4. The Hall–Kier alpha value is -3.39. The van der Waals surface area contributed by atoms with Crippen molar-refractivity contribution in [3.63, 3.8) is 0 Å². The molecule has 1 aromatic heterocycles. The maximum Gasteiger partial charge on any atom is 0.265 e. The van der Waals surface area contributed by atoms with E-state index < -0.39 is 11.3 Å². The lowest BCUT2D eigenvalue weighted by Gasteiger charge is -2.07. The summed E-state index contributed by atoms with van der Waals surface area (Å²) in [4.78, 5) is 24.4. The summed E-state index contributed by atoms with van der Waals surface area (Å²) in [5.74, 6) is -0.887. The fourth-order valence-electron chi connectivity index (χ4n) is 2.19. The Morgan fingerprint density at radius 1 is 1.25 bits per heavy atom. The first-order chi connectivity index (χ1) is 11.4. The van der Waals surface area contributed by atoms with E-state index in [1.54, 1.807) is 44.3 Å². The van der Waals surface area contributed by atoms with Crippen LogP contribution in [0.3, 0.4) is 0 Å². The van der Waals surface area contributed by atoms with Crippen molar-refractivity contribution < 1.29 is 9.90 Å². The zero-order valence-electron chi connectivity index (χ0n) is 13.4. The molecule has 0 amide bonds. The smallest absolute Gasteiger partial charge is 0.265 e. The second kappa shape index (κ2) is 7.25. The van der Waals surface area contributed by atoms with Crippen LogP contribution in [0, 0.1) is 18.3 Å². The molecule has 0 fully saturated rings. The summed E-state index contributed by atoms with van der Waals surface area (Å²) in [6, 6.07) is 10.5. The molecule has 0 unspecified atom stereocenters. The van der Waals surface area contributed by atoms with Crippen molar-refractivity contribution in [2.75, 3.05) is 0 Å². The van der Waals surface area contributed by atoms with Gasteiger partial charge in [-0.1, -0.05) is 24.3 Å². The van der Waals surface area contributed by atoms with Gasteiger partial charge >= 0.3 is 0 Å². The summed E-state index contributed by atoms with van der Waals surface area (Å²) >= 11 is 0. The number of nitrogens with zero attached hydrogens (tertiary/aromatic N) is 2. The van der Waals surface area contributed by atoms with Gasteiger partial charge in [0.1, 0.15) is 11.3 Å². The van der Waals surface area contributed by atoms with Gasteiger partial charge in [0, 0.05) is 24.9 Å². The lowest BCUT2D eigenvalue weighted by molar-refractivity contribution is 0.104. The Morgan fingerprint density at radius 2 is 1.92 bits per heavy atom. The van der Waals surface area contributed by atoms with Gasteiger partial charge in [-0.25, -0.2) is 0 Å². The summed E-state index contributed by atoms with van der Waals surface area (Å²) < 4.78 is 1.31. The van der Waals surface area contributed by atoms with Crippen molar-refractivity contribution in [1.82, 2.24) is 4.57 Å². The highest BCUT2D eigenvalue weighted by Gasteiger charge is 2.16. The first-order valence-electron chi connectivity index (χ1n) is 7.22. The Morgan fingerprint density at radius 3 is 2.58 bits per heavy atom. The summed E-state index contributed by atoms with van der Waals surface area (Å²) in [6.07, 6.45) is 5.83. The van der Waals surface area contributed by atoms with Gasteiger partial charge in [0.25, 0.3) is 5.56 Å². The molecule has 0 aliphatic heterocycles. The molecule has 0 saturated carbocycles. The molecule has 5 nitrogen and oxygen atoms in total. The van der Waals surface area contributed by atoms with Crippen LogP contribution >= 0.6 is 0 Å². The van der Waals surface area contributed by atoms with Crippen LogP contribution in [0.25, 0.3) is 12.2 Å². The molecule has 1 heterocycles. The van der Waals surface area contributed by atoms with Crippen LogP contribution in [0.5, 0.6) is 5.75 Å². The first kappa shape index (κ1) is 17.0. The van der Waals surface area contributed by atoms with Crippen LogP contribution in [-0.2, 0) is 7.05 Å². The summed E-state index contributed by atoms with van der Waals surface area (Å²) in [7, 11) is 1.54. The van der Waals surface area contributed by atoms with E-state index in [4.69, 9.17) is 5.26 Å². The average molecular weight is 320 g/mol. The predicted molar refractivity (Wildman–Crippen MR) is 92.5 cm³/mol. The van der Waals surface area contributed by atoms with E-state index in [0.29, 0.717) is 5.69 Å². The molecule has 120 valence electrons. The quantitative estimate of drug-likeness (QED) is 0.533. The van der Waals surface area contributed by atoms with Gasteiger partial charge in [-0.2, -0.15) is 5.26 Å². The molecule has 1 N–H and O–H groups in total. The van der Waals surface area contributed by atoms with Gasteiger partial charge in [-0.15, -0.1) is 0 Å². The number of aromatic hydroxyl groups is 1. The molecule has 0 bridgehead atoms. The molecule has 2 rings (SSSR count). The topological polar surface area (TPSA) is 83.1 Å². The van der Waals surface area contributed by atoms with E-state index in [1.807, 2.05) is 12.1 Å². The number of nitriles is 1. The van der Waals surface area contributed by atoms with Crippen molar-refractivity contribution in [2.24, 2.45) is 7.05 Å². The zero-order valence-corrected chi connectivity index (χ0v) is 13.4. The van der Waals surface area contributed by atoms with E-state index in [0.717, 1.165) is 11.1 Å². The number of pyridine rings is 1. The number of carbonyl (C=O) groups excluding carboxylic acids is 1. The standard InChI is InChI=1S/C19H16N2O3/c1-13-11-17(23)18(19(24)21(13)2)16(22)9-8-15-6-3-5-14(12-15)7-4-10-20/h3-9,11-12,23H,1-2H3/b7-4+,9-8+. The van der Waals surface area contributed by atoms with Crippen molar-refractivity contribution in [1.29, 1.82) is 5.26 Å². The van der Waals surface area contributed by atoms with E-state index in [9.17, 15) is 14.7 Å². The molecule has 5 heteroatoms. The highest BCUT2D eigenvalue weighted by molar-refractivity contribution is 6.08. The normalized spacial score (nSPS) is 11.0. The number of hydrogen-bond donors (Lipinski definition) is 1. The third-order valence-electron chi connectivity index (χ3n) is 3.58. The van der Waals surface area contributed by atoms with Crippen LogP contribution in [0.4, 0.5) is 0 Å². The van der Waals surface area contributed by atoms with Crippen LogP contribution in [-0.4, -0.2) is 15.5 Å². The Balaban J connectivity index is 2.33. The molecule has 0 aliphatic carbocycles. The molecule has 0 aliphatic rings. The molecule has 0 atom stereocenters. The van der Waals surface area contributed by atoms with E-state index >= 15 is 0 Å². The third kappa shape index (κ3) is 3.68. The van der Waals surface area contributed by atoms with Gasteiger partial charge in [0.15, 0.2) is 5.78 Å². The summed E-state index contributed by atoms with van der Waals surface area (Å²) in [5.41, 5.74) is 1.34. The number of aromatic nitrogens is 1. The lowest BCUT2D eigenvalue weighted by atomic mass is 10.1. The maximum absolute atomic E-state index is 12.3. The minimum atomic E-state index is -0.564. The fourth-order valence-corrected chi connectivity index (χ4v) is 2.19. The Bertz CT molecular complexity index is 944. The fraction of sp³-hybridized carbons (Fsp3) is 0.105. The lowest BCUT2D eigenvalue weighted by Crippen LogP contribution is -2.25. The van der Waals surface area contributed by atoms with Gasteiger partial charge in [-0.3, -0.25) is 9.59 Å². The highest BCUT2D eigenvalue weighted by Crippen LogP contribution is 2.16. The molecular weight excluding hydrogens is 304 g/mol. The van der Waals surface area contributed by atoms with Crippen molar-refractivity contribution in [3.8, 4) is 11.8 Å². The molecular formula is C19H16N2O3. The Kier molecular flexibility index (Phi) is 5.13. The Labute approximate surface area is 139 Å². The van der Waals surface area contributed by atoms with Crippen molar-refractivity contribution >= 4 is 17.9 Å². The predicted octanol–water partition coefficient (Wildman–Crippen LogP) is 2.83. The second-order valence-electron chi connectivity index (χ2n) is 5.24. The average Bonchev–Trinajstić information content (AvgIpc) is 2.56. The first-order valence-corrected chi connectivity index (χ1v) is 7.22. The number of allylic oxidation sites excluding steroid dienone is 2. The van der Waals surface area contributed by atoms with Gasteiger partial charge in [0.05, 0.1) is 6.07 Å². The molecule has 0 spiro atoms. The van der Waals surface area contributed by atoms with E-state index in [-0.39, 0.29) is 11.3 Å². The second-order valence-corrected chi connectivity index (χ2v) is 5.24. The number of carbonyl (C=O) groups is 1. The van der Waals surface area contributed by atoms with Crippen LogP contribution in [0.1, 0.15) is 27.2 Å². The van der Waals surface area contributed by atoms with Crippen molar-refractivity contribution in [3.05, 3.63) is 75.2 Å². The molecule has 1 aromatic carbocycles. The minimum absolute atomic E-state index is 0.250. The number of ketones is 1. The number of aryl methyl sites for hydroxylation is 1. The highest BCUT2D eigenvalue weighted by atomic mass is 16.3. The largest absolute Gasteiger partial charge is 0.507 e. The summed E-state index contributed by atoms with van der Waals surface area (Å²) in [5, 5.41) is 18.4. The van der Waals surface area contributed by atoms with Gasteiger partial charge < -0.3 is 9.67 Å². The number of hydrogen-bond acceptors (Lipinski definition) is 4.